The van der Waals surface area contributed by atoms with Gasteiger partial charge in [0.15, 0.2) is 0 Å². The Morgan fingerprint density at radius 2 is 2.00 bits per heavy atom. The highest BCUT2D eigenvalue weighted by Gasteiger charge is 2.16. The first-order chi connectivity index (χ1) is 11.4. The standard InChI is InChI=1S/C18H24N2O3S/c1-5-15-20-13(4)17(24-15)18(22)19-9-14(21)10-23-16-11(2)7-6-8-12(16)3/h6-8,14,21H,5,9-10H2,1-4H3,(H,19,22). The van der Waals surface area contributed by atoms with Crippen LogP contribution in [0, 0.1) is 20.8 Å². The minimum absolute atomic E-state index is 0.133. The Morgan fingerprint density at radius 3 is 2.58 bits per heavy atom. The zero-order valence-electron chi connectivity index (χ0n) is 14.5. The number of para-hydroxylation sites is 1. The van der Waals surface area contributed by atoms with Crippen molar-refractivity contribution in [2.45, 2.75) is 40.2 Å². The van der Waals surface area contributed by atoms with Gasteiger partial charge in [-0.3, -0.25) is 4.79 Å². The molecule has 1 atom stereocenters. The van der Waals surface area contributed by atoms with Gasteiger partial charge in [0, 0.05) is 6.54 Å². The predicted molar refractivity (Wildman–Crippen MR) is 96.0 cm³/mol. The number of carbonyl (C=O) groups is 1. The summed E-state index contributed by atoms with van der Waals surface area (Å²) < 4.78 is 5.70. The Bertz CT molecular complexity index is 692. The molecule has 0 aliphatic carbocycles. The van der Waals surface area contributed by atoms with E-state index in [2.05, 4.69) is 10.3 Å². The average Bonchev–Trinajstić information content (AvgIpc) is 2.93. The number of hydrogen-bond donors (Lipinski definition) is 2. The lowest BCUT2D eigenvalue weighted by Gasteiger charge is -2.16. The van der Waals surface area contributed by atoms with Gasteiger partial charge in [0.05, 0.1) is 10.7 Å². The second-order valence-corrected chi connectivity index (χ2v) is 6.86. The number of carbonyl (C=O) groups excluding carboxylic acids is 1. The molecule has 0 aliphatic rings. The molecule has 0 spiro atoms. The van der Waals surface area contributed by atoms with E-state index in [0.717, 1.165) is 34.0 Å². The van der Waals surface area contributed by atoms with Gasteiger partial charge in [0.1, 0.15) is 23.3 Å². The third-order valence-electron chi connectivity index (χ3n) is 3.68. The maximum Gasteiger partial charge on any atom is 0.263 e. The summed E-state index contributed by atoms with van der Waals surface area (Å²) in [4.78, 5) is 17.1. The molecule has 0 saturated carbocycles. The van der Waals surface area contributed by atoms with Crippen LogP contribution in [0.4, 0.5) is 0 Å². The van der Waals surface area contributed by atoms with E-state index < -0.39 is 6.10 Å². The molecule has 0 saturated heterocycles. The van der Waals surface area contributed by atoms with Gasteiger partial charge in [-0.2, -0.15) is 0 Å². The lowest BCUT2D eigenvalue weighted by atomic mass is 10.1. The molecule has 1 aromatic carbocycles. The number of aliphatic hydroxyl groups excluding tert-OH is 1. The average molecular weight is 348 g/mol. The zero-order chi connectivity index (χ0) is 17.7. The fourth-order valence-electron chi connectivity index (χ4n) is 2.37. The zero-order valence-corrected chi connectivity index (χ0v) is 15.4. The number of nitrogens with zero attached hydrogens (tertiary/aromatic N) is 1. The van der Waals surface area contributed by atoms with E-state index in [9.17, 15) is 9.90 Å². The Hall–Kier alpha value is -1.92. The Kier molecular flexibility index (Phi) is 6.34. The first kappa shape index (κ1) is 18.4. The highest BCUT2D eigenvalue weighted by molar-refractivity contribution is 7.13. The van der Waals surface area contributed by atoms with Gasteiger partial charge in [-0.15, -0.1) is 11.3 Å². The quantitative estimate of drug-likeness (QED) is 0.807. The second kappa shape index (κ2) is 8.26. The molecule has 1 unspecified atom stereocenters. The number of benzene rings is 1. The fourth-order valence-corrected chi connectivity index (χ4v) is 3.29. The summed E-state index contributed by atoms with van der Waals surface area (Å²) in [6, 6.07) is 5.90. The smallest absolute Gasteiger partial charge is 0.263 e. The topological polar surface area (TPSA) is 71.5 Å². The van der Waals surface area contributed by atoms with Crippen LogP contribution in [0.1, 0.15) is 38.4 Å². The normalized spacial score (nSPS) is 12.0. The van der Waals surface area contributed by atoms with Crippen molar-refractivity contribution in [3.8, 4) is 5.75 Å². The third kappa shape index (κ3) is 4.55. The fraction of sp³-hybridized carbons (Fsp3) is 0.444. The van der Waals surface area contributed by atoms with Crippen molar-refractivity contribution in [3.05, 3.63) is 44.9 Å². The van der Waals surface area contributed by atoms with E-state index in [1.165, 1.54) is 11.3 Å². The number of aliphatic hydroxyl groups is 1. The summed E-state index contributed by atoms with van der Waals surface area (Å²) in [7, 11) is 0. The molecule has 130 valence electrons. The van der Waals surface area contributed by atoms with E-state index in [1.54, 1.807) is 0 Å². The predicted octanol–water partition coefficient (Wildman–Crippen LogP) is 2.80. The summed E-state index contributed by atoms with van der Waals surface area (Å²) in [5.41, 5.74) is 2.79. The van der Waals surface area contributed by atoms with Gasteiger partial charge >= 0.3 is 0 Å². The van der Waals surface area contributed by atoms with E-state index in [4.69, 9.17) is 4.74 Å². The monoisotopic (exact) mass is 348 g/mol. The summed E-state index contributed by atoms with van der Waals surface area (Å²) in [5.74, 6) is 0.588. The van der Waals surface area contributed by atoms with Crippen molar-refractivity contribution in [2.75, 3.05) is 13.2 Å². The molecular weight excluding hydrogens is 324 g/mol. The number of ether oxygens (including phenoxy) is 1. The number of amides is 1. The summed E-state index contributed by atoms with van der Waals surface area (Å²) in [6.07, 6.45) is 0.0391. The second-order valence-electron chi connectivity index (χ2n) is 5.77. The van der Waals surface area contributed by atoms with Gasteiger partial charge < -0.3 is 15.2 Å². The first-order valence-corrected chi connectivity index (χ1v) is 8.85. The highest BCUT2D eigenvalue weighted by Crippen LogP contribution is 2.22. The molecule has 0 bridgehead atoms. The Morgan fingerprint density at radius 1 is 1.33 bits per heavy atom. The van der Waals surface area contributed by atoms with Crippen LogP contribution in [0.3, 0.4) is 0 Å². The number of aromatic nitrogens is 1. The summed E-state index contributed by atoms with van der Waals surface area (Å²) in [5, 5.41) is 13.7. The van der Waals surface area contributed by atoms with Crippen molar-refractivity contribution in [2.24, 2.45) is 0 Å². The maximum atomic E-state index is 12.2. The molecule has 2 N–H and O–H groups in total. The molecule has 2 rings (SSSR count). The van der Waals surface area contributed by atoms with Crippen LogP contribution in [-0.2, 0) is 6.42 Å². The molecule has 1 amide bonds. The maximum absolute atomic E-state index is 12.2. The number of aryl methyl sites for hydroxylation is 4. The van der Waals surface area contributed by atoms with Gasteiger partial charge in [-0.1, -0.05) is 25.1 Å². The number of rotatable bonds is 7. The Balaban J connectivity index is 1.85. The van der Waals surface area contributed by atoms with Crippen molar-refractivity contribution < 1.29 is 14.6 Å². The molecule has 0 aliphatic heterocycles. The van der Waals surface area contributed by atoms with Crippen molar-refractivity contribution >= 4 is 17.2 Å². The van der Waals surface area contributed by atoms with E-state index in [0.29, 0.717) is 4.88 Å². The molecule has 1 aromatic heterocycles. The van der Waals surface area contributed by atoms with Crippen molar-refractivity contribution in [1.82, 2.24) is 10.3 Å². The van der Waals surface area contributed by atoms with Gasteiger partial charge in [0.25, 0.3) is 5.91 Å². The molecule has 5 nitrogen and oxygen atoms in total. The van der Waals surface area contributed by atoms with Crippen LogP contribution in [-0.4, -0.2) is 35.3 Å². The number of thiazole rings is 1. The van der Waals surface area contributed by atoms with Crippen LogP contribution in [0.15, 0.2) is 18.2 Å². The third-order valence-corrected chi connectivity index (χ3v) is 4.98. The van der Waals surface area contributed by atoms with Crippen LogP contribution in [0.2, 0.25) is 0 Å². The molecule has 24 heavy (non-hydrogen) atoms. The Labute approximate surface area is 146 Å². The van der Waals surface area contributed by atoms with E-state index in [1.807, 2.05) is 45.9 Å². The SMILES string of the molecule is CCc1nc(C)c(C(=O)NCC(O)COc2c(C)cccc2C)s1. The summed E-state index contributed by atoms with van der Waals surface area (Å²) >= 11 is 1.40. The molecule has 0 fully saturated rings. The van der Waals surface area contributed by atoms with Gasteiger partial charge in [-0.25, -0.2) is 4.98 Å². The lowest BCUT2D eigenvalue weighted by Crippen LogP contribution is -2.35. The summed E-state index contributed by atoms with van der Waals surface area (Å²) in [6.45, 7) is 8.04. The molecule has 6 heteroatoms. The van der Waals surface area contributed by atoms with Crippen LogP contribution in [0.5, 0.6) is 5.75 Å². The first-order valence-electron chi connectivity index (χ1n) is 8.04. The number of nitrogens with one attached hydrogen (secondary N) is 1. The molecule has 0 radical (unpaired) electrons. The highest BCUT2D eigenvalue weighted by atomic mass is 32.1. The van der Waals surface area contributed by atoms with Crippen molar-refractivity contribution in [1.29, 1.82) is 0 Å². The molecule has 2 aromatic rings. The van der Waals surface area contributed by atoms with Crippen LogP contribution in [0.25, 0.3) is 0 Å². The van der Waals surface area contributed by atoms with Crippen molar-refractivity contribution in [3.63, 3.8) is 0 Å². The van der Waals surface area contributed by atoms with Crippen LogP contribution < -0.4 is 10.1 Å². The minimum Gasteiger partial charge on any atom is -0.490 e. The van der Waals surface area contributed by atoms with Crippen LogP contribution >= 0.6 is 11.3 Å². The van der Waals surface area contributed by atoms with Gasteiger partial charge in [0.2, 0.25) is 0 Å². The minimum atomic E-state index is -0.771. The van der Waals surface area contributed by atoms with E-state index >= 15 is 0 Å². The van der Waals surface area contributed by atoms with Gasteiger partial charge in [-0.05, 0) is 38.3 Å². The molecule has 1 heterocycles. The van der Waals surface area contributed by atoms with E-state index in [-0.39, 0.29) is 19.1 Å². The molecular formula is C18H24N2O3S. The lowest BCUT2D eigenvalue weighted by molar-refractivity contribution is 0.0844. The number of hydrogen-bond acceptors (Lipinski definition) is 5. The largest absolute Gasteiger partial charge is 0.490 e.